The van der Waals surface area contributed by atoms with Gasteiger partial charge in [-0.05, 0) is 41.3 Å². The van der Waals surface area contributed by atoms with Crippen LogP contribution in [-0.4, -0.2) is 16.0 Å². The van der Waals surface area contributed by atoms with Gasteiger partial charge in [0, 0.05) is 12.2 Å². The fraction of sp³-hybridized carbons (Fsp3) is 0.286. The minimum absolute atomic E-state index is 0.372. The summed E-state index contributed by atoms with van der Waals surface area (Å²) in [6.45, 7) is 2.16. The Bertz CT molecular complexity index is 487. The Morgan fingerprint density at radius 2 is 2.06 bits per heavy atom. The first-order valence-electron chi connectivity index (χ1n) is 6.01. The highest BCUT2D eigenvalue weighted by molar-refractivity contribution is 9.10. The Labute approximate surface area is 116 Å². The number of benzene rings is 1. The summed E-state index contributed by atoms with van der Waals surface area (Å²) < 4.78 is 0.900. The lowest BCUT2D eigenvalue weighted by Gasteiger charge is -2.15. The van der Waals surface area contributed by atoms with E-state index >= 15 is 0 Å². The van der Waals surface area contributed by atoms with Crippen molar-refractivity contribution in [3.8, 4) is 0 Å². The Morgan fingerprint density at radius 1 is 1.28 bits per heavy atom. The molecule has 2 aromatic rings. The van der Waals surface area contributed by atoms with E-state index in [1.54, 1.807) is 12.5 Å². The second kappa shape index (κ2) is 6.50. The first kappa shape index (κ1) is 13.0. The number of halogens is 1. The molecule has 0 aliphatic heterocycles. The topological polar surface area (TPSA) is 37.8 Å². The maximum Gasteiger partial charge on any atom is 0.143 e. The maximum atomic E-state index is 4.20. The molecule has 0 amide bonds. The fourth-order valence-electron chi connectivity index (χ4n) is 1.75. The third-order valence-corrected chi connectivity index (χ3v) is 3.34. The fourth-order valence-corrected chi connectivity index (χ4v) is 2.09. The zero-order valence-electron chi connectivity index (χ0n) is 10.3. The zero-order valence-corrected chi connectivity index (χ0v) is 11.9. The predicted molar refractivity (Wildman–Crippen MR) is 77.6 cm³/mol. The van der Waals surface area contributed by atoms with Crippen LogP contribution < -0.4 is 5.32 Å². The Morgan fingerprint density at radius 3 is 2.78 bits per heavy atom. The number of hydrogen-bond acceptors (Lipinski definition) is 3. The lowest BCUT2D eigenvalue weighted by Crippen LogP contribution is -2.17. The van der Waals surface area contributed by atoms with Crippen LogP contribution >= 0.6 is 15.9 Å². The molecule has 0 bridgehead atoms. The van der Waals surface area contributed by atoms with Crippen molar-refractivity contribution in [3.63, 3.8) is 0 Å². The third kappa shape index (κ3) is 3.81. The van der Waals surface area contributed by atoms with Gasteiger partial charge in [-0.15, -0.1) is 0 Å². The number of nitrogens with zero attached hydrogens (tertiary/aromatic N) is 2. The van der Waals surface area contributed by atoms with Crippen LogP contribution in [0.15, 0.2) is 47.3 Å². The summed E-state index contributed by atoms with van der Waals surface area (Å²) in [7, 11) is 0. The summed E-state index contributed by atoms with van der Waals surface area (Å²) in [4.78, 5) is 8.15. The molecule has 1 unspecified atom stereocenters. The van der Waals surface area contributed by atoms with Gasteiger partial charge in [0.1, 0.15) is 12.1 Å². The SMILES string of the molecule is CC(CCc1ccccc1)Nc1ncncc1Br. The monoisotopic (exact) mass is 305 g/mol. The summed E-state index contributed by atoms with van der Waals surface area (Å²) in [6.07, 6.45) is 5.44. The minimum atomic E-state index is 0.372. The standard InChI is InChI=1S/C14H16BrN3/c1-11(7-8-12-5-3-2-4-6-12)18-14-13(15)9-16-10-17-14/h2-6,9-11H,7-8H2,1H3,(H,16,17,18). The summed E-state index contributed by atoms with van der Waals surface area (Å²) in [5, 5.41) is 3.38. The number of nitrogens with one attached hydrogen (secondary N) is 1. The van der Waals surface area contributed by atoms with Crippen molar-refractivity contribution in [2.75, 3.05) is 5.32 Å². The van der Waals surface area contributed by atoms with Crippen molar-refractivity contribution in [1.82, 2.24) is 9.97 Å². The molecule has 0 aliphatic carbocycles. The molecule has 2 rings (SSSR count). The number of aromatic nitrogens is 2. The molecule has 3 nitrogen and oxygen atoms in total. The van der Waals surface area contributed by atoms with Gasteiger partial charge < -0.3 is 5.32 Å². The van der Waals surface area contributed by atoms with Crippen LogP contribution in [0.25, 0.3) is 0 Å². The van der Waals surface area contributed by atoms with Gasteiger partial charge in [0.05, 0.1) is 4.47 Å². The van der Waals surface area contributed by atoms with E-state index in [2.05, 4.69) is 62.4 Å². The van der Waals surface area contributed by atoms with Crippen LogP contribution in [0.4, 0.5) is 5.82 Å². The average molecular weight is 306 g/mol. The van der Waals surface area contributed by atoms with Crippen molar-refractivity contribution in [1.29, 1.82) is 0 Å². The van der Waals surface area contributed by atoms with E-state index in [9.17, 15) is 0 Å². The van der Waals surface area contributed by atoms with E-state index in [0.717, 1.165) is 23.1 Å². The predicted octanol–water partition coefficient (Wildman–Crippen LogP) is 3.67. The summed E-state index contributed by atoms with van der Waals surface area (Å²) in [5.41, 5.74) is 1.37. The Kier molecular flexibility index (Phi) is 4.70. The van der Waals surface area contributed by atoms with Gasteiger partial charge in [0.15, 0.2) is 0 Å². The molecule has 1 atom stereocenters. The molecule has 0 fully saturated rings. The van der Waals surface area contributed by atoms with Crippen molar-refractivity contribution in [2.45, 2.75) is 25.8 Å². The Balaban J connectivity index is 1.86. The van der Waals surface area contributed by atoms with E-state index in [0.29, 0.717) is 6.04 Å². The first-order chi connectivity index (χ1) is 8.75. The van der Waals surface area contributed by atoms with Crippen LogP contribution in [0.2, 0.25) is 0 Å². The van der Waals surface area contributed by atoms with Crippen LogP contribution in [0.1, 0.15) is 18.9 Å². The van der Waals surface area contributed by atoms with E-state index in [1.807, 2.05) is 6.07 Å². The van der Waals surface area contributed by atoms with Crippen LogP contribution in [0.5, 0.6) is 0 Å². The molecule has 0 saturated carbocycles. The summed E-state index contributed by atoms with van der Waals surface area (Å²) >= 11 is 3.43. The van der Waals surface area contributed by atoms with Crippen molar-refractivity contribution >= 4 is 21.7 Å². The maximum absolute atomic E-state index is 4.20. The van der Waals surface area contributed by atoms with Crippen LogP contribution in [0.3, 0.4) is 0 Å². The molecule has 0 aliphatic rings. The van der Waals surface area contributed by atoms with Crippen LogP contribution in [-0.2, 0) is 6.42 Å². The molecule has 4 heteroatoms. The van der Waals surface area contributed by atoms with Crippen molar-refractivity contribution in [2.24, 2.45) is 0 Å². The number of hydrogen-bond donors (Lipinski definition) is 1. The molecule has 18 heavy (non-hydrogen) atoms. The normalized spacial score (nSPS) is 12.1. The number of rotatable bonds is 5. The molecule has 1 N–H and O–H groups in total. The molecule has 94 valence electrons. The largest absolute Gasteiger partial charge is 0.367 e. The van der Waals surface area contributed by atoms with Gasteiger partial charge in [0.2, 0.25) is 0 Å². The summed E-state index contributed by atoms with van der Waals surface area (Å²) in [6, 6.07) is 10.9. The smallest absolute Gasteiger partial charge is 0.143 e. The van der Waals surface area contributed by atoms with E-state index in [1.165, 1.54) is 5.56 Å². The van der Waals surface area contributed by atoms with Gasteiger partial charge >= 0.3 is 0 Å². The van der Waals surface area contributed by atoms with Gasteiger partial charge in [-0.25, -0.2) is 9.97 Å². The minimum Gasteiger partial charge on any atom is -0.367 e. The molecule has 1 aromatic heterocycles. The van der Waals surface area contributed by atoms with Gasteiger partial charge in [-0.2, -0.15) is 0 Å². The molecule has 0 saturated heterocycles. The van der Waals surface area contributed by atoms with Crippen molar-refractivity contribution < 1.29 is 0 Å². The molecule has 1 heterocycles. The van der Waals surface area contributed by atoms with E-state index in [-0.39, 0.29) is 0 Å². The van der Waals surface area contributed by atoms with Gasteiger partial charge in [0.25, 0.3) is 0 Å². The second-order valence-corrected chi connectivity index (χ2v) is 5.14. The van der Waals surface area contributed by atoms with Crippen LogP contribution in [0, 0.1) is 0 Å². The van der Waals surface area contributed by atoms with Gasteiger partial charge in [-0.1, -0.05) is 30.3 Å². The third-order valence-electron chi connectivity index (χ3n) is 2.76. The highest BCUT2D eigenvalue weighted by atomic mass is 79.9. The highest BCUT2D eigenvalue weighted by Gasteiger charge is 2.06. The molecule has 0 radical (unpaired) electrons. The molecular weight excluding hydrogens is 290 g/mol. The lowest BCUT2D eigenvalue weighted by molar-refractivity contribution is 0.702. The molecular formula is C14H16BrN3. The lowest BCUT2D eigenvalue weighted by atomic mass is 10.1. The first-order valence-corrected chi connectivity index (χ1v) is 6.81. The molecule has 1 aromatic carbocycles. The average Bonchev–Trinajstić information content (AvgIpc) is 2.40. The molecule has 0 spiro atoms. The Hall–Kier alpha value is -1.42. The zero-order chi connectivity index (χ0) is 12.8. The highest BCUT2D eigenvalue weighted by Crippen LogP contribution is 2.18. The quantitative estimate of drug-likeness (QED) is 0.916. The number of anilines is 1. The van der Waals surface area contributed by atoms with E-state index in [4.69, 9.17) is 0 Å². The van der Waals surface area contributed by atoms with Gasteiger partial charge in [-0.3, -0.25) is 0 Å². The second-order valence-electron chi connectivity index (χ2n) is 4.29. The van der Waals surface area contributed by atoms with E-state index < -0.39 is 0 Å². The number of aryl methyl sites for hydroxylation is 1. The summed E-state index contributed by atoms with van der Waals surface area (Å²) in [5.74, 6) is 0.852. The van der Waals surface area contributed by atoms with Crippen molar-refractivity contribution in [3.05, 3.63) is 52.9 Å².